The fourth-order valence-corrected chi connectivity index (χ4v) is 2.60. The second-order valence-corrected chi connectivity index (χ2v) is 5.64. The van der Waals surface area contributed by atoms with Gasteiger partial charge in [-0.1, -0.05) is 36.4 Å². The Bertz CT molecular complexity index is 840. The van der Waals surface area contributed by atoms with Gasteiger partial charge in [0.05, 0.1) is 5.69 Å². The van der Waals surface area contributed by atoms with Crippen molar-refractivity contribution in [1.82, 2.24) is 9.78 Å². The molecule has 24 heavy (non-hydrogen) atoms. The second kappa shape index (κ2) is 7.00. The first kappa shape index (κ1) is 15.8. The number of aryl methyl sites for hydroxylation is 1. The van der Waals surface area contributed by atoms with Crippen molar-refractivity contribution < 1.29 is 4.79 Å². The predicted octanol–water partition coefficient (Wildman–Crippen LogP) is 3.04. The van der Waals surface area contributed by atoms with E-state index in [1.807, 2.05) is 43.6 Å². The van der Waals surface area contributed by atoms with Crippen molar-refractivity contribution in [3.05, 3.63) is 60.8 Å². The number of hydrogen-bond donors (Lipinski definition) is 2. The summed E-state index contributed by atoms with van der Waals surface area (Å²) in [6, 6.07) is 18.4. The molecule has 0 bridgehead atoms. The lowest BCUT2D eigenvalue weighted by molar-refractivity contribution is -0.117. The summed E-state index contributed by atoms with van der Waals surface area (Å²) in [5, 5.41) is 7.79. The van der Waals surface area contributed by atoms with Crippen LogP contribution in [0.25, 0.3) is 22.4 Å². The van der Waals surface area contributed by atoms with E-state index in [9.17, 15) is 4.79 Å². The monoisotopic (exact) mass is 320 g/mol. The van der Waals surface area contributed by atoms with Crippen LogP contribution >= 0.6 is 0 Å². The number of primary amides is 1. The SMILES string of the molecule is Cn1ccc(-c2cc(-c3ccccc3)ccc2NCCC(N)=O)n1. The van der Waals surface area contributed by atoms with Crippen LogP contribution in [0.5, 0.6) is 0 Å². The maximum absolute atomic E-state index is 11.0. The number of benzene rings is 2. The van der Waals surface area contributed by atoms with Crippen LogP contribution in [-0.4, -0.2) is 22.2 Å². The van der Waals surface area contributed by atoms with E-state index in [2.05, 4.69) is 34.7 Å². The Morgan fingerprint density at radius 3 is 2.58 bits per heavy atom. The summed E-state index contributed by atoms with van der Waals surface area (Å²) in [5.41, 5.74) is 10.3. The van der Waals surface area contributed by atoms with Crippen LogP contribution in [-0.2, 0) is 11.8 Å². The molecule has 122 valence electrons. The molecule has 0 unspecified atom stereocenters. The van der Waals surface area contributed by atoms with Crippen LogP contribution in [0.1, 0.15) is 6.42 Å². The highest BCUT2D eigenvalue weighted by atomic mass is 16.1. The number of nitrogens with one attached hydrogen (secondary N) is 1. The summed E-state index contributed by atoms with van der Waals surface area (Å²) in [6.07, 6.45) is 2.21. The third kappa shape index (κ3) is 3.63. The highest BCUT2D eigenvalue weighted by Gasteiger charge is 2.10. The van der Waals surface area contributed by atoms with Gasteiger partial charge >= 0.3 is 0 Å². The molecule has 0 aliphatic rings. The van der Waals surface area contributed by atoms with Gasteiger partial charge in [0.25, 0.3) is 0 Å². The van der Waals surface area contributed by atoms with Crippen LogP contribution in [0.2, 0.25) is 0 Å². The zero-order chi connectivity index (χ0) is 16.9. The van der Waals surface area contributed by atoms with Gasteiger partial charge in [0.15, 0.2) is 0 Å². The van der Waals surface area contributed by atoms with Crippen LogP contribution in [0.3, 0.4) is 0 Å². The molecule has 0 saturated carbocycles. The molecule has 1 amide bonds. The molecular formula is C19H20N4O. The lowest BCUT2D eigenvalue weighted by Gasteiger charge is -2.12. The summed E-state index contributed by atoms with van der Waals surface area (Å²) in [4.78, 5) is 11.0. The smallest absolute Gasteiger partial charge is 0.219 e. The second-order valence-electron chi connectivity index (χ2n) is 5.64. The van der Waals surface area contributed by atoms with Gasteiger partial charge in [-0.3, -0.25) is 9.48 Å². The average molecular weight is 320 g/mol. The highest BCUT2D eigenvalue weighted by molar-refractivity contribution is 5.82. The zero-order valence-corrected chi connectivity index (χ0v) is 13.6. The van der Waals surface area contributed by atoms with E-state index in [1.165, 1.54) is 0 Å². The number of rotatable bonds is 6. The number of carbonyl (C=O) groups excluding carboxylic acids is 1. The van der Waals surface area contributed by atoms with Gasteiger partial charge in [-0.05, 0) is 29.3 Å². The van der Waals surface area contributed by atoms with Crippen LogP contribution in [0, 0.1) is 0 Å². The largest absolute Gasteiger partial charge is 0.384 e. The molecule has 0 radical (unpaired) electrons. The average Bonchev–Trinajstić information content (AvgIpc) is 3.02. The summed E-state index contributed by atoms with van der Waals surface area (Å²) in [7, 11) is 1.89. The number of anilines is 1. The van der Waals surface area contributed by atoms with Crippen molar-refractivity contribution in [1.29, 1.82) is 0 Å². The molecule has 0 fully saturated rings. The number of nitrogens with two attached hydrogens (primary N) is 1. The van der Waals surface area contributed by atoms with E-state index in [0.29, 0.717) is 13.0 Å². The van der Waals surface area contributed by atoms with Crippen molar-refractivity contribution in [2.45, 2.75) is 6.42 Å². The van der Waals surface area contributed by atoms with E-state index in [0.717, 1.165) is 28.1 Å². The summed E-state index contributed by atoms with van der Waals surface area (Å²) >= 11 is 0. The van der Waals surface area contributed by atoms with Gasteiger partial charge < -0.3 is 11.1 Å². The van der Waals surface area contributed by atoms with Crippen molar-refractivity contribution in [2.75, 3.05) is 11.9 Å². The minimum Gasteiger partial charge on any atom is -0.384 e. The number of nitrogens with zero attached hydrogens (tertiary/aromatic N) is 2. The first-order valence-corrected chi connectivity index (χ1v) is 7.85. The number of aromatic nitrogens is 2. The minimum absolute atomic E-state index is 0.294. The van der Waals surface area contributed by atoms with Gasteiger partial charge in [-0.2, -0.15) is 5.10 Å². The third-order valence-corrected chi connectivity index (χ3v) is 3.80. The number of amides is 1. The normalized spacial score (nSPS) is 10.5. The Kier molecular flexibility index (Phi) is 4.61. The lowest BCUT2D eigenvalue weighted by Crippen LogP contribution is -2.16. The molecule has 3 aromatic rings. The molecule has 0 aliphatic heterocycles. The topological polar surface area (TPSA) is 72.9 Å². The van der Waals surface area contributed by atoms with Crippen LogP contribution in [0.15, 0.2) is 60.8 Å². The third-order valence-electron chi connectivity index (χ3n) is 3.80. The first-order chi connectivity index (χ1) is 11.6. The van der Waals surface area contributed by atoms with Gasteiger partial charge in [-0.15, -0.1) is 0 Å². The summed E-state index contributed by atoms with van der Waals surface area (Å²) < 4.78 is 1.78. The summed E-state index contributed by atoms with van der Waals surface area (Å²) in [6.45, 7) is 0.500. The van der Waals surface area contributed by atoms with Crippen molar-refractivity contribution in [3.63, 3.8) is 0 Å². The number of carbonyl (C=O) groups is 1. The lowest BCUT2D eigenvalue weighted by atomic mass is 10.00. The van der Waals surface area contributed by atoms with Gasteiger partial charge in [-0.25, -0.2) is 0 Å². The van der Waals surface area contributed by atoms with Gasteiger partial charge in [0, 0.05) is 37.5 Å². The molecule has 5 nitrogen and oxygen atoms in total. The molecule has 0 atom stereocenters. The molecule has 3 N–H and O–H groups in total. The fraction of sp³-hybridized carbons (Fsp3) is 0.158. The van der Waals surface area contributed by atoms with E-state index < -0.39 is 0 Å². The highest BCUT2D eigenvalue weighted by Crippen LogP contribution is 2.32. The Hall–Kier alpha value is -3.08. The quantitative estimate of drug-likeness (QED) is 0.733. The molecule has 1 heterocycles. The van der Waals surface area contributed by atoms with Gasteiger partial charge in [0.1, 0.15) is 0 Å². The standard InChI is InChI=1S/C19H20N4O/c1-23-12-10-18(22-23)16-13-15(14-5-3-2-4-6-14)7-8-17(16)21-11-9-19(20)24/h2-8,10,12-13,21H,9,11H2,1H3,(H2,20,24). The van der Waals surface area contributed by atoms with Gasteiger partial charge in [0.2, 0.25) is 5.91 Å². The predicted molar refractivity (Wildman–Crippen MR) is 96.4 cm³/mol. The van der Waals surface area contributed by atoms with E-state index >= 15 is 0 Å². The van der Waals surface area contributed by atoms with E-state index in [1.54, 1.807) is 4.68 Å². The van der Waals surface area contributed by atoms with E-state index in [-0.39, 0.29) is 5.91 Å². The molecule has 5 heteroatoms. The Morgan fingerprint density at radius 2 is 1.92 bits per heavy atom. The molecular weight excluding hydrogens is 300 g/mol. The minimum atomic E-state index is -0.317. The maximum Gasteiger partial charge on any atom is 0.219 e. The van der Waals surface area contributed by atoms with E-state index in [4.69, 9.17) is 5.73 Å². The Balaban J connectivity index is 1.97. The van der Waals surface area contributed by atoms with Crippen molar-refractivity contribution in [2.24, 2.45) is 12.8 Å². The molecule has 3 rings (SSSR count). The van der Waals surface area contributed by atoms with Crippen molar-refractivity contribution >= 4 is 11.6 Å². The zero-order valence-electron chi connectivity index (χ0n) is 13.6. The maximum atomic E-state index is 11.0. The van der Waals surface area contributed by atoms with Crippen LogP contribution < -0.4 is 11.1 Å². The summed E-state index contributed by atoms with van der Waals surface area (Å²) in [5.74, 6) is -0.317. The first-order valence-electron chi connectivity index (χ1n) is 7.85. The molecule has 0 saturated heterocycles. The van der Waals surface area contributed by atoms with Crippen LogP contribution in [0.4, 0.5) is 5.69 Å². The fourth-order valence-electron chi connectivity index (χ4n) is 2.60. The molecule has 0 aliphatic carbocycles. The molecule has 0 spiro atoms. The Labute approximate surface area is 141 Å². The Morgan fingerprint density at radius 1 is 1.12 bits per heavy atom. The van der Waals surface area contributed by atoms with Crippen molar-refractivity contribution in [3.8, 4) is 22.4 Å². The number of hydrogen-bond acceptors (Lipinski definition) is 3. The molecule has 2 aromatic carbocycles. The molecule has 1 aromatic heterocycles.